The molecule has 0 radical (unpaired) electrons. The smallest absolute Gasteiger partial charge is 0.120 e. The zero-order valence-corrected chi connectivity index (χ0v) is 11.8. The molecule has 0 fully saturated rings. The SMILES string of the molecule is CCCNC1CCCc2ccc(OC(C)C)cc21. The van der Waals surface area contributed by atoms with Gasteiger partial charge in [0.1, 0.15) is 5.75 Å². The van der Waals surface area contributed by atoms with Crippen molar-refractivity contribution < 1.29 is 4.74 Å². The third-order valence-electron chi connectivity index (χ3n) is 3.44. The van der Waals surface area contributed by atoms with Crippen molar-refractivity contribution in [3.63, 3.8) is 0 Å². The molecule has 2 nitrogen and oxygen atoms in total. The van der Waals surface area contributed by atoms with Crippen LogP contribution in [0.3, 0.4) is 0 Å². The quantitative estimate of drug-likeness (QED) is 0.853. The second-order valence-corrected chi connectivity index (χ2v) is 5.43. The van der Waals surface area contributed by atoms with Gasteiger partial charge in [-0.15, -0.1) is 0 Å². The van der Waals surface area contributed by atoms with Gasteiger partial charge >= 0.3 is 0 Å². The Bertz CT molecular complexity index is 387. The van der Waals surface area contributed by atoms with Crippen molar-refractivity contribution in [2.45, 2.75) is 58.6 Å². The first-order valence-corrected chi connectivity index (χ1v) is 7.23. The standard InChI is InChI=1S/C16H25NO/c1-4-10-17-16-7-5-6-13-8-9-14(11-15(13)16)18-12(2)3/h8-9,11-12,16-17H,4-7,10H2,1-3H3. The Labute approximate surface area is 111 Å². The third-order valence-corrected chi connectivity index (χ3v) is 3.44. The van der Waals surface area contributed by atoms with Crippen molar-refractivity contribution in [2.24, 2.45) is 0 Å². The van der Waals surface area contributed by atoms with E-state index in [1.54, 1.807) is 0 Å². The van der Waals surface area contributed by atoms with Gasteiger partial charge in [-0.3, -0.25) is 0 Å². The Balaban J connectivity index is 2.18. The third kappa shape index (κ3) is 3.26. The van der Waals surface area contributed by atoms with Crippen LogP contribution in [0.2, 0.25) is 0 Å². The van der Waals surface area contributed by atoms with Crippen molar-refractivity contribution in [2.75, 3.05) is 6.54 Å². The maximum absolute atomic E-state index is 5.81. The van der Waals surface area contributed by atoms with E-state index in [1.807, 2.05) is 0 Å². The predicted octanol–water partition coefficient (Wildman–Crippen LogP) is 3.85. The van der Waals surface area contributed by atoms with Crippen LogP contribution < -0.4 is 10.1 Å². The molecule has 0 amide bonds. The Kier molecular flexibility index (Phi) is 4.65. The zero-order chi connectivity index (χ0) is 13.0. The molecule has 2 rings (SSSR count). The summed E-state index contributed by atoms with van der Waals surface area (Å²) in [5.41, 5.74) is 2.94. The first kappa shape index (κ1) is 13.4. The highest BCUT2D eigenvalue weighted by Gasteiger charge is 2.20. The number of ether oxygens (including phenoxy) is 1. The lowest BCUT2D eigenvalue weighted by Gasteiger charge is -2.27. The minimum absolute atomic E-state index is 0.244. The van der Waals surface area contributed by atoms with Gasteiger partial charge in [-0.2, -0.15) is 0 Å². The number of fused-ring (bicyclic) bond motifs is 1. The predicted molar refractivity (Wildman–Crippen MR) is 76.2 cm³/mol. The van der Waals surface area contributed by atoms with Gasteiger partial charge in [0.25, 0.3) is 0 Å². The first-order chi connectivity index (χ1) is 8.70. The number of rotatable bonds is 5. The van der Waals surface area contributed by atoms with Gasteiger partial charge in [0.05, 0.1) is 6.10 Å². The maximum Gasteiger partial charge on any atom is 0.120 e. The largest absolute Gasteiger partial charge is 0.491 e. The summed E-state index contributed by atoms with van der Waals surface area (Å²) >= 11 is 0. The molecule has 0 heterocycles. The number of hydrogen-bond acceptors (Lipinski definition) is 2. The van der Waals surface area contributed by atoms with Gasteiger partial charge in [-0.05, 0) is 69.3 Å². The van der Waals surface area contributed by atoms with E-state index in [2.05, 4.69) is 44.3 Å². The molecule has 0 saturated carbocycles. The Morgan fingerprint density at radius 1 is 1.39 bits per heavy atom. The lowest BCUT2D eigenvalue weighted by Crippen LogP contribution is -2.26. The van der Waals surface area contributed by atoms with E-state index in [0.717, 1.165) is 12.3 Å². The van der Waals surface area contributed by atoms with Gasteiger partial charge in [0.2, 0.25) is 0 Å². The minimum Gasteiger partial charge on any atom is -0.491 e. The summed E-state index contributed by atoms with van der Waals surface area (Å²) in [5, 5.41) is 3.65. The molecule has 0 spiro atoms. The Morgan fingerprint density at radius 3 is 2.94 bits per heavy atom. The highest BCUT2D eigenvalue weighted by Crippen LogP contribution is 2.32. The summed E-state index contributed by atoms with van der Waals surface area (Å²) in [4.78, 5) is 0. The molecule has 2 heteroatoms. The molecule has 1 aliphatic rings. The summed E-state index contributed by atoms with van der Waals surface area (Å²) in [6.45, 7) is 7.47. The summed E-state index contributed by atoms with van der Waals surface area (Å²) in [5.74, 6) is 1.01. The molecule has 100 valence electrons. The molecule has 0 bridgehead atoms. The van der Waals surface area contributed by atoms with E-state index in [4.69, 9.17) is 4.74 Å². The molecule has 1 aromatic rings. The van der Waals surface area contributed by atoms with Gasteiger partial charge in [-0.1, -0.05) is 13.0 Å². The first-order valence-electron chi connectivity index (χ1n) is 7.23. The fourth-order valence-electron chi connectivity index (χ4n) is 2.65. The van der Waals surface area contributed by atoms with Gasteiger partial charge in [0, 0.05) is 6.04 Å². The lowest BCUT2D eigenvalue weighted by atomic mass is 9.87. The van der Waals surface area contributed by atoms with Crippen molar-refractivity contribution >= 4 is 0 Å². The summed E-state index contributed by atoms with van der Waals surface area (Å²) in [7, 11) is 0. The molecule has 18 heavy (non-hydrogen) atoms. The Hall–Kier alpha value is -1.02. The maximum atomic E-state index is 5.81. The van der Waals surface area contributed by atoms with E-state index in [0.29, 0.717) is 6.04 Å². The molecule has 0 aromatic heterocycles. The fraction of sp³-hybridized carbons (Fsp3) is 0.625. The van der Waals surface area contributed by atoms with Crippen LogP contribution in [0.4, 0.5) is 0 Å². The van der Waals surface area contributed by atoms with Crippen molar-refractivity contribution in [3.8, 4) is 5.75 Å². The number of nitrogens with one attached hydrogen (secondary N) is 1. The van der Waals surface area contributed by atoms with Crippen molar-refractivity contribution in [3.05, 3.63) is 29.3 Å². The van der Waals surface area contributed by atoms with E-state index in [-0.39, 0.29) is 6.10 Å². The number of benzene rings is 1. The van der Waals surface area contributed by atoms with Crippen LogP contribution in [-0.2, 0) is 6.42 Å². The monoisotopic (exact) mass is 247 g/mol. The molecule has 0 saturated heterocycles. The van der Waals surface area contributed by atoms with Crippen LogP contribution in [0.5, 0.6) is 5.75 Å². The molecular weight excluding hydrogens is 222 g/mol. The molecule has 0 aliphatic heterocycles. The van der Waals surface area contributed by atoms with Crippen LogP contribution in [0.1, 0.15) is 57.2 Å². The molecule has 1 N–H and O–H groups in total. The number of hydrogen-bond donors (Lipinski definition) is 1. The van der Waals surface area contributed by atoms with Gasteiger partial charge < -0.3 is 10.1 Å². The average Bonchev–Trinajstić information content (AvgIpc) is 2.35. The topological polar surface area (TPSA) is 21.3 Å². The van der Waals surface area contributed by atoms with Crippen molar-refractivity contribution in [1.29, 1.82) is 0 Å². The van der Waals surface area contributed by atoms with Crippen LogP contribution in [-0.4, -0.2) is 12.6 Å². The van der Waals surface area contributed by atoms with Crippen molar-refractivity contribution in [1.82, 2.24) is 5.32 Å². The summed E-state index contributed by atoms with van der Waals surface area (Å²) in [6.07, 6.45) is 5.18. The second kappa shape index (κ2) is 6.24. The van der Waals surface area contributed by atoms with Crippen LogP contribution >= 0.6 is 0 Å². The van der Waals surface area contributed by atoms with E-state index < -0.39 is 0 Å². The summed E-state index contributed by atoms with van der Waals surface area (Å²) < 4.78 is 5.81. The van der Waals surface area contributed by atoms with E-state index >= 15 is 0 Å². The second-order valence-electron chi connectivity index (χ2n) is 5.43. The van der Waals surface area contributed by atoms with E-state index in [9.17, 15) is 0 Å². The van der Waals surface area contributed by atoms with Gasteiger partial charge in [-0.25, -0.2) is 0 Å². The van der Waals surface area contributed by atoms with Crippen LogP contribution in [0.15, 0.2) is 18.2 Å². The van der Waals surface area contributed by atoms with Gasteiger partial charge in [0.15, 0.2) is 0 Å². The van der Waals surface area contributed by atoms with Crippen LogP contribution in [0.25, 0.3) is 0 Å². The molecule has 1 aliphatic carbocycles. The number of aryl methyl sites for hydroxylation is 1. The highest BCUT2D eigenvalue weighted by molar-refractivity contribution is 5.39. The minimum atomic E-state index is 0.244. The zero-order valence-electron chi connectivity index (χ0n) is 11.8. The fourth-order valence-corrected chi connectivity index (χ4v) is 2.65. The molecule has 1 unspecified atom stereocenters. The molecule has 1 atom stereocenters. The molecular formula is C16H25NO. The molecule has 1 aromatic carbocycles. The van der Waals surface area contributed by atoms with E-state index in [1.165, 1.54) is 36.8 Å². The normalized spacial score (nSPS) is 18.8. The summed E-state index contributed by atoms with van der Waals surface area (Å²) in [6, 6.07) is 7.11. The average molecular weight is 247 g/mol. The Morgan fingerprint density at radius 2 is 2.22 bits per heavy atom. The highest BCUT2D eigenvalue weighted by atomic mass is 16.5. The van der Waals surface area contributed by atoms with Crippen LogP contribution in [0, 0.1) is 0 Å². The lowest BCUT2D eigenvalue weighted by molar-refractivity contribution is 0.241.